The Kier molecular flexibility index (Phi) is 5.07. The summed E-state index contributed by atoms with van der Waals surface area (Å²) in [7, 11) is 0. The van der Waals surface area contributed by atoms with Gasteiger partial charge in [-0.1, -0.05) is 30.3 Å². The molecule has 2 amide bonds. The molecule has 25 heavy (non-hydrogen) atoms. The summed E-state index contributed by atoms with van der Waals surface area (Å²) in [5.74, 6) is -3.00. The van der Waals surface area contributed by atoms with E-state index in [1.807, 2.05) is 30.3 Å². The lowest BCUT2D eigenvalue weighted by Gasteiger charge is -2.07. The molecule has 2 aromatic rings. The molecular formula is C19H18F2N2O2. The summed E-state index contributed by atoms with van der Waals surface area (Å²) in [6, 6.07) is 12.7. The minimum atomic E-state index is -0.835. The molecular weight excluding hydrogens is 326 g/mol. The molecule has 1 aliphatic carbocycles. The first-order valence-corrected chi connectivity index (χ1v) is 8.12. The van der Waals surface area contributed by atoms with Crippen molar-refractivity contribution in [3.05, 3.63) is 65.7 Å². The van der Waals surface area contributed by atoms with Crippen LogP contribution in [0.1, 0.15) is 12.0 Å². The maximum atomic E-state index is 13.5. The minimum absolute atomic E-state index is 0.0819. The molecule has 3 rings (SSSR count). The van der Waals surface area contributed by atoms with Crippen molar-refractivity contribution in [3.63, 3.8) is 0 Å². The standard InChI is InChI=1S/C19H18F2N2O2/c20-13-6-7-17(16(21)10-13)23-19(25)15-11-14(15)18(24)22-9-8-12-4-2-1-3-5-12/h1-7,10,14-15H,8-9,11H2,(H,22,24)(H,23,25). The summed E-state index contributed by atoms with van der Waals surface area (Å²) < 4.78 is 26.4. The molecule has 0 heterocycles. The van der Waals surface area contributed by atoms with Gasteiger partial charge in [-0.2, -0.15) is 0 Å². The van der Waals surface area contributed by atoms with Crippen molar-refractivity contribution >= 4 is 17.5 Å². The highest BCUT2D eigenvalue weighted by atomic mass is 19.1. The van der Waals surface area contributed by atoms with Crippen LogP contribution in [0, 0.1) is 23.5 Å². The third-order valence-corrected chi connectivity index (χ3v) is 4.21. The Balaban J connectivity index is 1.45. The van der Waals surface area contributed by atoms with Crippen LogP contribution >= 0.6 is 0 Å². The van der Waals surface area contributed by atoms with E-state index in [-0.39, 0.29) is 17.5 Å². The van der Waals surface area contributed by atoms with Gasteiger partial charge in [0.2, 0.25) is 11.8 Å². The van der Waals surface area contributed by atoms with E-state index in [4.69, 9.17) is 0 Å². The van der Waals surface area contributed by atoms with Crippen LogP contribution in [0.4, 0.5) is 14.5 Å². The molecule has 0 saturated heterocycles. The Morgan fingerprint density at radius 2 is 1.72 bits per heavy atom. The lowest BCUT2D eigenvalue weighted by atomic mass is 10.1. The molecule has 0 aromatic heterocycles. The molecule has 1 aliphatic rings. The zero-order valence-corrected chi connectivity index (χ0v) is 13.5. The number of hydrogen-bond donors (Lipinski definition) is 2. The van der Waals surface area contributed by atoms with Crippen LogP contribution in [0.25, 0.3) is 0 Å². The van der Waals surface area contributed by atoms with E-state index in [2.05, 4.69) is 10.6 Å². The highest BCUT2D eigenvalue weighted by molar-refractivity contribution is 5.99. The summed E-state index contributed by atoms with van der Waals surface area (Å²) >= 11 is 0. The predicted octanol–water partition coefficient (Wildman–Crippen LogP) is 2.90. The normalized spacial score (nSPS) is 18.5. The van der Waals surface area contributed by atoms with Crippen molar-refractivity contribution in [3.8, 4) is 0 Å². The molecule has 1 saturated carbocycles. The van der Waals surface area contributed by atoms with E-state index < -0.39 is 23.5 Å². The van der Waals surface area contributed by atoms with Crippen molar-refractivity contribution in [2.75, 3.05) is 11.9 Å². The molecule has 1 fully saturated rings. The molecule has 6 heteroatoms. The summed E-state index contributed by atoms with van der Waals surface area (Å²) in [6.07, 6.45) is 1.16. The Morgan fingerprint density at radius 3 is 2.44 bits per heavy atom. The van der Waals surface area contributed by atoms with Gasteiger partial charge in [-0.3, -0.25) is 9.59 Å². The smallest absolute Gasteiger partial charge is 0.228 e. The first kappa shape index (κ1) is 17.1. The van der Waals surface area contributed by atoms with E-state index in [0.29, 0.717) is 19.0 Å². The molecule has 2 aromatic carbocycles. The van der Waals surface area contributed by atoms with E-state index in [9.17, 15) is 18.4 Å². The summed E-state index contributed by atoms with van der Waals surface area (Å²) in [4.78, 5) is 24.1. The molecule has 4 nitrogen and oxygen atoms in total. The summed E-state index contributed by atoms with van der Waals surface area (Å²) in [5.41, 5.74) is 1.04. The molecule has 2 N–H and O–H groups in total. The van der Waals surface area contributed by atoms with Crippen molar-refractivity contribution in [2.45, 2.75) is 12.8 Å². The van der Waals surface area contributed by atoms with Gasteiger partial charge in [0.15, 0.2) is 0 Å². The number of hydrogen-bond acceptors (Lipinski definition) is 2. The third kappa shape index (κ3) is 4.41. The lowest BCUT2D eigenvalue weighted by molar-refractivity contribution is -0.125. The van der Waals surface area contributed by atoms with Gasteiger partial charge >= 0.3 is 0 Å². The predicted molar refractivity (Wildman–Crippen MR) is 89.7 cm³/mol. The van der Waals surface area contributed by atoms with Gasteiger partial charge in [-0.15, -0.1) is 0 Å². The third-order valence-electron chi connectivity index (χ3n) is 4.21. The van der Waals surface area contributed by atoms with Gasteiger partial charge in [0.25, 0.3) is 0 Å². The van der Waals surface area contributed by atoms with E-state index in [0.717, 1.165) is 18.1 Å². The quantitative estimate of drug-likeness (QED) is 0.847. The fourth-order valence-electron chi connectivity index (χ4n) is 2.70. The SMILES string of the molecule is O=C(NCCc1ccccc1)C1CC1C(=O)Nc1ccc(F)cc1F. The second-order valence-electron chi connectivity index (χ2n) is 6.09. The van der Waals surface area contributed by atoms with Crippen LogP contribution < -0.4 is 10.6 Å². The van der Waals surface area contributed by atoms with Crippen molar-refractivity contribution in [2.24, 2.45) is 11.8 Å². The number of halogens is 2. The van der Waals surface area contributed by atoms with Crippen molar-refractivity contribution in [1.29, 1.82) is 0 Å². The average Bonchev–Trinajstić information content (AvgIpc) is 3.39. The minimum Gasteiger partial charge on any atom is -0.356 e. The zero-order chi connectivity index (χ0) is 17.8. The van der Waals surface area contributed by atoms with Gasteiger partial charge in [-0.05, 0) is 30.5 Å². The number of carbonyl (C=O) groups excluding carboxylic acids is 2. The van der Waals surface area contributed by atoms with Gasteiger partial charge in [-0.25, -0.2) is 8.78 Å². The monoisotopic (exact) mass is 344 g/mol. The number of benzene rings is 2. The molecule has 0 radical (unpaired) electrons. The van der Waals surface area contributed by atoms with Crippen LogP contribution in [0.15, 0.2) is 48.5 Å². The first-order valence-electron chi connectivity index (χ1n) is 8.12. The van der Waals surface area contributed by atoms with Crippen LogP contribution in [0.5, 0.6) is 0 Å². The van der Waals surface area contributed by atoms with E-state index in [1.165, 1.54) is 6.07 Å². The highest BCUT2D eigenvalue weighted by Gasteiger charge is 2.48. The van der Waals surface area contributed by atoms with Crippen molar-refractivity contribution < 1.29 is 18.4 Å². The summed E-state index contributed by atoms with van der Waals surface area (Å²) in [5, 5.41) is 5.22. The lowest BCUT2D eigenvalue weighted by Crippen LogP contribution is -2.29. The maximum absolute atomic E-state index is 13.5. The fraction of sp³-hybridized carbons (Fsp3) is 0.263. The Hall–Kier alpha value is -2.76. The number of nitrogens with one attached hydrogen (secondary N) is 2. The van der Waals surface area contributed by atoms with Gasteiger partial charge in [0, 0.05) is 12.6 Å². The van der Waals surface area contributed by atoms with Gasteiger partial charge in [0.05, 0.1) is 17.5 Å². The largest absolute Gasteiger partial charge is 0.356 e. The first-order chi connectivity index (χ1) is 12.0. The number of amides is 2. The van der Waals surface area contributed by atoms with Gasteiger partial charge in [0.1, 0.15) is 11.6 Å². The van der Waals surface area contributed by atoms with Crippen LogP contribution in [0.2, 0.25) is 0 Å². The topological polar surface area (TPSA) is 58.2 Å². The van der Waals surface area contributed by atoms with Crippen LogP contribution in [0.3, 0.4) is 0 Å². The Bertz CT molecular complexity index is 780. The number of anilines is 1. The summed E-state index contributed by atoms with van der Waals surface area (Å²) in [6.45, 7) is 0.500. The molecule has 2 atom stereocenters. The second-order valence-corrected chi connectivity index (χ2v) is 6.09. The average molecular weight is 344 g/mol. The van der Waals surface area contributed by atoms with Crippen molar-refractivity contribution in [1.82, 2.24) is 5.32 Å². The molecule has 0 bridgehead atoms. The van der Waals surface area contributed by atoms with Crippen LogP contribution in [-0.4, -0.2) is 18.4 Å². The zero-order valence-electron chi connectivity index (χ0n) is 13.5. The maximum Gasteiger partial charge on any atom is 0.228 e. The van der Waals surface area contributed by atoms with E-state index in [1.54, 1.807) is 0 Å². The number of rotatable bonds is 6. The van der Waals surface area contributed by atoms with Crippen LogP contribution in [-0.2, 0) is 16.0 Å². The van der Waals surface area contributed by atoms with E-state index >= 15 is 0 Å². The Labute approximate surface area is 144 Å². The molecule has 0 aliphatic heterocycles. The fourth-order valence-corrected chi connectivity index (χ4v) is 2.70. The molecule has 2 unspecified atom stereocenters. The second kappa shape index (κ2) is 7.42. The highest BCUT2D eigenvalue weighted by Crippen LogP contribution is 2.39. The Morgan fingerprint density at radius 1 is 1.00 bits per heavy atom. The molecule has 0 spiro atoms. The van der Waals surface area contributed by atoms with Gasteiger partial charge < -0.3 is 10.6 Å². The molecule has 130 valence electrons. The number of carbonyl (C=O) groups is 2.